The third kappa shape index (κ3) is 7.76. The molecule has 4 nitrogen and oxygen atoms in total. The van der Waals surface area contributed by atoms with Crippen molar-refractivity contribution in [3.8, 4) is 0 Å². The maximum atomic E-state index is 11.6. The van der Waals surface area contributed by atoms with Crippen LogP contribution in [0.1, 0.15) is 34.6 Å². The van der Waals surface area contributed by atoms with Crippen LogP contribution in [0.2, 0.25) is 0 Å². The van der Waals surface area contributed by atoms with Crippen LogP contribution in [0.15, 0.2) is 0 Å². The molecule has 0 saturated heterocycles. The van der Waals surface area contributed by atoms with Crippen LogP contribution >= 0.6 is 0 Å². The van der Waals surface area contributed by atoms with Crippen molar-refractivity contribution in [3.05, 3.63) is 0 Å². The third-order valence-corrected chi connectivity index (χ3v) is 3.65. The Morgan fingerprint density at radius 2 is 1.60 bits per heavy atom. The summed E-state index contributed by atoms with van der Waals surface area (Å²) < 4.78 is 25.8. The molecule has 0 aromatic heterocycles. The van der Waals surface area contributed by atoms with Gasteiger partial charge in [0.1, 0.15) is 0 Å². The van der Waals surface area contributed by atoms with Gasteiger partial charge < -0.3 is 5.11 Å². The van der Waals surface area contributed by atoms with E-state index in [0.717, 1.165) is 0 Å². The van der Waals surface area contributed by atoms with Crippen LogP contribution in [0.5, 0.6) is 0 Å². The van der Waals surface area contributed by atoms with Crippen LogP contribution in [0.25, 0.3) is 0 Å². The third-order valence-electron chi connectivity index (χ3n) is 1.82. The molecule has 15 heavy (non-hydrogen) atoms. The van der Waals surface area contributed by atoms with Crippen LogP contribution in [-0.4, -0.2) is 32.4 Å². The van der Waals surface area contributed by atoms with E-state index in [0.29, 0.717) is 0 Å². The molecular formula is C10H23NO3S. The predicted octanol–water partition coefficient (Wildman–Crippen LogP) is 0.970. The molecule has 0 aliphatic carbocycles. The molecule has 0 unspecified atom stereocenters. The quantitative estimate of drug-likeness (QED) is 0.749. The summed E-state index contributed by atoms with van der Waals surface area (Å²) >= 11 is 0. The Kier molecular flexibility index (Phi) is 4.76. The van der Waals surface area contributed by atoms with Crippen molar-refractivity contribution in [2.45, 2.75) is 34.6 Å². The Morgan fingerprint density at radius 1 is 1.13 bits per heavy atom. The number of rotatable bonds is 5. The van der Waals surface area contributed by atoms with Crippen molar-refractivity contribution >= 4 is 10.0 Å². The first-order valence-corrected chi connectivity index (χ1v) is 6.71. The van der Waals surface area contributed by atoms with Crippen molar-refractivity contribution < 1.29 is 13.5 Å². The zero-order chi connectivity index (χ0) is 12.3. The largest absolute Gasteiger partial charge is 0.396 e. The maximum absolute atomic E-state index is 11.6. The van der Waals surface area contributed by atoms with E-state index in [2.05, 4.69) is 4.72 Å². The lowest BCUT2D eigenvalue weighted by atomic mass is 9.96. The number of hydrogen-bond acceptors (Lipinski definition) is 3. The number of aliphatic hydroxyl groups excluding tert-OH is 1. The van der Waals surface area contributed by atoms with Gasteiger partial charge in [0.25, 0.3) is 0 Å². The molecule has 5 heteroatoms. The number of aliphatic hydroxyl groups is 1. The highest BCUT2D eigenvalue weighted by molar-refractivity contribution is 7.89. The molecular weight excluding hydrogens is 214 g/mol. The molecule has 0 rings (SSSR count). The molecule has 92 valence electrons. The molecule has 2 N–H and O–H groups in total. The molecule has 0 heterocycles. The highest BCUT2D eigenvalue weighted by atomic mass is 32.2. The molecule has 0 atom stereocenters. The molecule has 0 spiro atoms. The van der Waals surface area contributed by atoms with Gasteiger partial charge in [-0.25, -0.2) is 13.1 Å². The summed E-state index contributed by atoms with van der Waals surface area (Å²) in [6.07, 6.45) is 0. The number of nitrogens with one attached hydrogen (secondary N) is 1. The minimum Gasteiger partial charge on any atom is -0.396 e. The first-order valence-electron chi connectivity index (χ1n) is 5.06. The average molecular weight is 237 g/mol. The van der Waals surface area contributed by atoms with Gasteiger partial charge in [-0.3, -0.25) is 0 Å². The van der Waals surface area contributed by atoms with Gasteiger partial charge in [-0.2, -0.15) is 0 Å². The zero-order valence-electron chi connectivity index (χ0n) is 10.3. The van der Waals surface area contributed by atoms with Gasteiger partial charge in [-0.05, 0) is 5.41 Å². The van der Waals surface area contributed by atoms with Gasteiger partial charge in [0.15, 0.2) is 0 Å². The predicted molar refractivity (Wildman–Crippen MR) is 62.1 cm³/mol. The fraction of sp³-hybridized carbons (Fsp3) is 1.00. The molecule has 0 bridgehead atoms. The summed E-state index contributed by atoms with van der Waals surface area (Å²) in [5.41, 5.74) is -0.667. The summed E-state index contributed by atoms with van der Waals surface area (Å²) in [5, 5.41) is 8.99. The summed E-state index contributed by atoms with van der Waals surface area (Å²) in [5.74, 6) is 0.0987. The summed E-state index contributed by atoms with van der Waals surface area (Å²) in [7, 11) is -3.24. The lowest BCUT2D eigenvalue weighted by molar-refractivity contribution is 0.163. The van der Waals surface area contributed by atoms with Crippen molar-refractivity contribution in [3.63, 3.8) is 0 Å². The van der Waals surface area contributed by atoms with Crippen LogP contribution in [0.4, 0.5) is 0 Å². The van der Waals surface area contributed by atoms with Gasteiger partial charge in [0.2, 0.25) is 10.0 Å². The topological polar surface area (TPSA) is 66.4 Å². The lowest BCUT2D eigenvalue weighted by Gasteiger charge is -2.24. The Balaban J connectivity index is 4.30. The summed E-state index contributed by atoms with van der Waals surface area (Å²) in [6, 6.07) is 0. The van der Waals surface area contributed by atoms with E-state index in [9.17, 15) is 8.42 Å². The van der Waals surface area contributed by atoms with E-state index in [1.54, 1.807) is 0 Å². The second kappa shape index (κ2) is 4.80. The first kappa shape index (κ1) is 14.9. The molecule has 0 aliphatic rings. The van der Waals surface area contributed by atoms with E-state index >= 15 is 0 Å². The van der Waals surface area contributed by atoms with Crippen LogP contribution < -0.4 is 4.72 Å². The highest BCUT2D eigenvalue weighted by Crippen LogP contribution is 2.17. The number of sulfonamides is 1. The van der Waals surface area contributed by atoms with E-state index < -0.39 is 15.4 Å². The van der Waals surface area contributed by atoms with Gasteiger partial charge >= 0.3 is 0 Å². The minimum absolute atomic E-state index is 0.0367. The van der Waals surface area contributed by atoms with Gasteiger partial charge in [-0.1, -0.05) is 34.6 Å². The number of hydrogen-bond donors (Lipinski definition) is 2. The maximum Gasteiger partial charge on any atom is 0.212 e. The van der Waals surface area contributed by atoms with Crippen molar-refractivity contribution in [1.82, 2.24) is 4.72 Å². The van der Waals surface area contributed by atoms with Gasteiger partial charge in [-0.15, -0.1) is 0 Å². The fourth-order valence-corrected chi connectivity index (χ4v) is 2.84. The van der Waals surface area contributed by atoms with Crippen molar-refractivity contribution in [2.24, 2.45) is 10.8 Å². The standard InChI is InChI=1S/C10H23NO3S/c1-9(2,3)8-15(13,14)11-6-10(4,5)7-12/h11-12H,6-8H2,1-5H3. The second-order valence-corrected chi connectivity index (χ2v) is 7.77. The fourth-order valence-electron chi connectivity index (χ4n) is 0.982. The van der Waals surface area contributed by atoms with E-state index in [1.807, 2.05) is 34.6 Å². The molecule has 0 saturated carbocycles. The zero-order valence-corrected chi connectivity index (χ0v) is 11.1. The van der Waals surface area contributed by atoms with Crippen LogP contribution in [0.3, 0.4) is 0 Å². The van der Waals surface area contributed by atoms with Gasteiger partial charge in [0.05, 0.1) is 5.75 Å². The average Bonchev–Trinajstić information content (AvgIpc) is 1.97. The highest BCUT2D eigenvalue weighted by Gasteiger charge is 2.24. The molecule has 0 amide bonds. The molecule has 0 fully saturated rings. The Labute approximate surface area is 93.1 Å². The SMILES string of the molecule is CC(C)(C)CS(=O)(=O)NCC(C)(C)CO. The smallest absolute Gasteiger partial charge is 0.212 e. The van der Waals surface area contributed by atoms with Crippen LogP contribution in [0, 0.1) is 10.8 Å². The summed E-state index contributed by atoms with van der Waals surface area (Å²) in [4.78, 5) is 0. The minimum atomic E-state index is -3.24. The Hall–Kier alpha value is -0.130. The molecule has 0 radical (unpaired) electrons. The van der Waals surface area contributed by atoms with Crippen molar-refractivity contribution in [1.29, 1.82) is 0 Å². The van der Waals surface area contributed by atoms with Gasteiger partial charge in [0, 0.05) is 18.6 Å². The monoisotopic (exact) mass is 237 g/mol. The first-order chi connectivity index (χ1) is 6.47. The molecule has 0 aromatic carbocycles. The lowest BCUT2D eigenvalue weighted by Crippen LogP contribution is -2.39. The Bertz CT molecular complexity index is 288. The van der Waals surface area contributed by atoms with Crippen LogP contribution in [-0.2, 0) is 10.0 Å². The van der Waals surface area contributed by atoms with E-state index in [-0.39, 0.29) is 24.3 Å². The van der Waals surface area contributed by atoms with Crippen molar-refractivity contribution in [2.75, 3.05) is 18.9 Å². The normalized spacial score (nSPS) is 14.3. The van der Waals surface area contributed by atoms with E-state index in [4.69, 9.17) is 5.11 Å². The molecule has 0 aromatic rings. The second-order valence-electron chi connectivity index (χ2n) is 5.96. The molecule has 0 aliphatic heterocycles. The Morgan fingerprint density at radius 3 is 1.93 bits per heavy atom. The van der Waals surface area contributed by atoms with E-state index in [1.165, 1.54) is 0 Å². The summed E-state index contributed by atoms with van der Waals surface area (Å²) in [6.45, 7) is 9.49.